The van der Waals surface area contributed by atoms with Crippen LogP contribution in [0, 0.1) is 0 Å². The maximum absolute atomic E-state index is 11.9. The molecule has 30 heavy (non-hydrogen) atoms. The number of benzene rings is 1. The van der Waals surface area contributed by atoms with Crippen molar-refractivity contribution in [2.75, 3.05) is 40.4 Å². The average molecular weight is 528 g/mol. The Labute approximate surface area is 196 Å². The smallest absolute Gasteiger partial charge is 0.241 e. The molecule has 0 fully saturated rings. The summed E-state index contributed by atoms with van der Waals surface area (Å²) in [6, 6.07) is 10.1. The monoisotopic (exact) mass is 528 g/mol. The molecule has 0 radical (unpaired) electrons. The molecule has 1 amide bonds. The van der Waals surface area contributed by atoms with E-state index >= 15 is 0 Å². The van der Waals surface area contributed by atoms with Gasteiger partial charge < -0.3 is 20.3 Å². The molecule has 2 aromatic rings. The molecule has 2 N–H and O–H groups in total. The molecule has 0 atom stereocenters. The van der Waals surface area contributed by atoms with E-state index < -0.39 is 0 Å². The summed E-state index contributed by atoms with van der Waals surface area (Å²) >= 11 is 0. The number of hydrogen-bond acceptors (Lipinski definition) is 4. The number of rotatable bonds is 10. The van der Waals surface area contributed by atoms with E-state index in [9.17, 15) is 4.79 Å². The number of amides is 1. The molecule has 0 aliphatic carbocycles. The van der Waals surface area contributed by atoms with Crippen LogP contribution in [0.4, 0.5) is 0 Å². The highest BCUT2D eigenvalue weighted by molar-refractivity contribution is 14.0. The predicted octanol–water partition coefficient (Wildman–Crippen LogP) is 2.26. The molecular weight excluding hydrogens is 495 g/mol. The number of hydrogen-bond donors (Lipinski definition) is 2. The van der Waals surface area contributed by atoms with Gasteiger partial charge in [-0.25, -0.2) is 4.99 Å². The summed E-state index contributed by atoms with van der Waals surface area (Å²) in [4.78, 5) is 18.1. The molecule has 0 aliphatic rings. The fourth-order valence-corrected chi connectivity index (χ4v) is 2.67. The van der Waals surface area contributed by atoms with E-state index in [0.717, 1.165) is 23.2 Å². The summed E-state index contributed by atoms with van der Waals surface area (Å²) in [6.07, 6.45) is 2.84. The van der Waals surface area contributed by atoms with Crippen LogP contribution in [0.1, 0.15) is 18.9 Å². The molecule has 2 rings (SSSR count). The molecule has 1 heterocycles. The highest BCUT2D eigenvalue weighted by Gasteiger charge is 2.11. The largest absolute Gasteiger partial charge is 0.382 e. The number of aliphatic imine (C=N–C) groups is 1. The summed E-state index contributed by atoms with van der Waals surface area (Å²) < 4.78 is 7.17. The normalized spacial score (nSPS) is 11.0. The van der Waals surface area contributed by atoms with E-state index in [1.807, 2.05) is 50.5 Å². The van der Waals surface area contributed by atoms with E-state index in [0.29, 0.717) is 32.3 Å². The second-order valence-electron chi connectivity index (χ2n) is 6.83. The highest BCUT2D eigenvalue weighted by atomic mass is 127. The number of guanidine groups is 1. The molecular formula is C21H33IN6O2. The predicted molar refractivity (Wildman–Crippen MR) is 131 cm³/mol. The summed E-state index contributed by atoms with van der Waals surface area (Å²) in [7, 11) is 5.37. The van der Waals surface area contributed by atoms with Crippen LogP contribution in [0.2, 0.25) is 0 Å². The first-order valence-electron chi connectivity index (χ1n) is 9.89. The van der Waals surface area contributed by atoms with Crippen molar-refractivity contribution in [3.8, 4) is 11.3 Å². The van der Waals surface area contributed by atoms with Crippen molar-refractivity contribution in [3.63, 3.8) is 0 Å². The Morgan fingerprint density at radius 2 is 1.97 bits per heavy atom. The van der Waals surface area contributed by atoms with Crippen LogP contribution in [0.25, 0.3) is 11.3 Å². The van der Waals surface area contributed by atoms with Gasteiger partial charge in [-0.1, -0.05) is 30.3 Å². The number of nitrogens with zero attached hydrogens (tertiary/aromatic N) is 4. The van der Waals surface area contributed by atoms with Crippen molar-refractivity contribution in [3.05, 3.63) is 42.1 Å². The number of likely N-dealkylation sites (N-methyl/N-ethyl adjacent to an activating group) is 1. The van der Waals surface area contributed by atoms with E-state index in [4.69, 9.17) is 4.74 Å². The zero-order chi connectivity index (χ0) is 21.1. The topological polar surface area (TPSA) is 83.8 Å². The molecule has 1 aromatic carbocycles. The minimum absolute atomic E-state index is 0. The lowest BCUT2D eigenvalue weighted by molar-refractivity contribution is -0.127. The van der Waals surface area contributed by atoms with Crippen LogP contribution < -0.4 is 10.6 Å². The summed E-state index contributed by atoms with van der Waals surface area (Å²) in [5.41, 5.74) is 2.99. The first-order valence-corrected chi connectivity index (χ1v) is 9.89. The van der Waals surface area contributed by atoms with E-state index in [1.54, 1.807) is 23.7 Å². The van der Waals surface area contributed by atoms with Crippen molar-refractivity contribution < 1.29 is 9.53 Å². The Hall–Kier alpha value is -2.14. The molecule has 0 saturated heterocycles. The van der Waals surface area contributed by atoms with E-state index in [1.165, 1.54) is 0 Å². The van der Waals surface area contributed by atoms with Crippen molar-refractivity contribution in [1.29, 1.82) is 0 Å². The molecule has 166 valence electrons. The van der Waals surface area contributed by atoms with Crippen LogP contribution in [0.5, 0.6) is 0 Å². The Bertz CT molecular complexity index is 792. The van der Waals surface area contributed by atoms with Crippen LogP contribution in [-0.4, -0.2) is 66.9 Å². The lowest BCUT2D eigenvalue weighted by atomic mass is 10.1. The zero-order valence-corrected chi connectivity index (χ0v) is 20.6. The SMILES string of the molecule is CCOCCCNC(=NCc1cn(C)nc1-c1ccccc1)NCC(=O)N(C)C.I. The summed E-state index contributed by atoms with van der Waals surface area (Å²) in [5, 5.41) is 11.0. The quantitative estimate of drug-likeness (QED) is 0.214. The molecule has 8 nitrogen and oxygen atoms in total. The van der Waals surface area contributed by atoms with E-state index in [2.05, 4.69) is 20.7 Å². The van der Waals surface area contributed by atoms with Gasteiger partial charge in [-0.05, 0) is 13.3 Å². The molecule has 9 heteroatoms. The zero-order valence-electron chi connectivity index (χ0n) is 18.2. The molecule has 0 spiro atoms. The minimum Gasteiger partial charge on any atom is -0.382 e. The lowest BCUT2D eigenvalue weighted by Gasteiger charge is -2.15. The molecule has 1 aromatic heterocycles. The third kappa shape index (κ3) is 8.70. The van der Waals surface area contributed by atoms with Crippen LogP contribution >= 0.6 is 24.0 Å². The number of aryl methyl sites for hydroxylation is 1. The fraction of sp³-hybridized carbons (Fsp3) is 0.476. The van der Waals surface area contributed by atoms with Gasteiger partial charge in [0, 0.05) is 58.2 Å². The van der Waals surface area contributed by atoms with Crippen LogP contribution in [0.3, 0.4) is 0 Å². The van der Waals surface area contributed by atoms with Crippen molar-refractivity contribution in [2.45, 2.75) is 19.9 Å². The number of carbonyl (C=O) groups excluding carboxylic acids is 1. The lowest BCUT2D eigenvalue weighted by Crippen LogP contribution is -2.43. The van der Waals surface area contributed by atoms with Gasteiger partial charge in [-0.3, -0.25) is 9.48 Å². The second-order valence-corrected chi connectivity index (χ2v) is 6.83. The van der Waals surface area contributed by atoms with Gasteiger partial charge in [0.05, 0.1) is 18.8 Å². The van der Waals surface area contributed by atoms with Crippen LogP contribution in [0.15, 0.2) is 41.5 Å². The molecule has 0 saturated carbocycles. The summed E-state index contributed by atoms with van der Waals surface area (Å²) in [5.74, 6) is 0.583. The third-order valence-corrected chi connectivity index (χ3v) is 4.23. The third-order valence-electron chi connectivity index (χ3n) is 4.23. The van der Waals surface area contributed by atoms with Gasteiger partial charge in [-0.2, -0.15) is 5.10 Å². The van der Waals surface area contributed by atoms with Gasteiger partial charge >= 0.3 is 0 Å². The molecule has 0 bridgehead atoms. The van der Waals surface area contributed by atoms with Crippen molar-refractivity contribution >= 4 is 35.8 Å². The number of ether oxygens (including phenoxy) is 1. The van der Waals surface area contributed by atoms with Crippen molar-refractivity contribution in [1.82, 2.24) is 25.3 Å². The Morgan fingerprint density at radius 1 is 1.23 bits per heavy atom. The number of nitrogens with one attached hydrogen (secondary N) is 2. The maximum atomic E-state index is 11.9. The van der Waals surface area contributed by atoms with Gasteiger partial charge in [-0.15, -0.1) is 24.0 Å². The fourth-order valence-electron chi connectivity index (χ4n) is 2.67. The van der Waals surface area contributed by atoms with Crippen molar-refractivity contribution in [2.24, 2.45) is 12.0 Å². The minimum atomic E-state index is -0.0137. The van der Waals surface area contributed by atoms with Gasteiger partial charge in [0.25, 0.3) is 0 Å². The van der Waals surface area contributed by atoms with Gasteiger partial charge in [0.1, 0.15) is 0 Å². The number of halogens is 1. The van der Waals surface area contributed by atoms with Gasteiger partial charge in [0.15, 0.2) is 5.96 Å². The van der Waals surface area contributed by atoms with Gasteiger partial charge in [0.2, 0.25) is 5.91 Å². The maximum Gasteiger partial charge on any atom is 0.241 e. The molecule has 0 unspecified atom stereocenters. The average Bonchev–Trinajstić information content (AvgIpc) is 3.10. The van der Waals surface area contributed by atoms with Crippen LogP contribution in [-0.2, 0) is 23.1 Å². The second kappa shape index (κ2) is 14.0. The molecule has 0 aliphatic heterocycles. The van der Waals surface area contributed by atoms with E-state index in [-0.39, 0.29) is 36.4 Å². The Kier molecular flexibility index (Phi) is 12.1. The number of carbonyl (C=O) groups is 1. The first kappa shape index (κ1) is 25.9. The standard InChI is InChI=1S/C21H32N6O2.HI/c1-5-29-13-9-12-22-21(24-15-19(28)26(2)3)23-14-18-16-27(4)25-20(18)17-10-7-6-8-11-17;/h6-8,10-11,16H,5,9,12-15H2,1-4H3,(H2,22,23,24);1H. The highest BCUT2D eigenvalue weighted by Crippen LogP contribution is 2.22. The Balaban J connectivity index is 0.00000450. The summed E-state index contributed by atoms with van der Waals surface area (Å²) in [6.45, 7) is 4.72. The first-order chi connectivity index (χ1) is 14.0. The Morgan fingerprint density at radius 3 is 2.63 bits per heavy atom. The number of aromatic nitrogens is 2.